The molecule has 0 spiro atoms. The molecule has 1 atom stereocenters. The number of amides is 1. The van der Waals surface area contributed by atoms with Gasteiger partial charge < -0.3 is 14.4 Å². The second-order valence-electron chi connectivity index (χ2n) is 6.06. The van der Waals surface area contributed by atoms with Crippen LogP contribution in [0.2, 0.25) is 0 Å². The molecule has 0 aliphatic carbocycles. The van der Waals surface area contributed by atoms with Gasteiger partial charge in [0.05, 0.1) is 5.01 Å². The number of aromatic nitrogens is 5. The molecule has 134 valence electrons. The van der Waals surface area contributed by atoms with E-state index in [1.165, 1.54) is 17.5 Å². The maximum atomic E-state index is 12.9. The molecule has 4 heterocycles. The summed E-state index contributed by atoms with van der Waals surface area (Å²) < 4.78 is 5.21. The molecule has 0 unspecified atom stereocenters. The molecule has 1 amide bonds. The Bertz CT molecular complexity index is 1020. The maximum absolute atomic E-state index is 12.9. The first-order valence-corrected chi connectivity index (χ1v) is 9.04. The van der Waals surface area contributed by atoms with Crippen molar-refractivity contribution in [1.82, 2.24) is 30.0 Å². The van der Waals surface area contributed by atoms with E-state index < -0.39 is 11.5 Å². The van der Waals surface area contributed by atoms with Gasteiger partial charge in [-0.2, -0.15) is 4.98 Å². The van der Waals surface area contributed by atoms with Crippen LogP contribution in [0.5, 0.6) is 0 Å². The molecule has 1 N–H and O–H groups in total. The average Bonchev–Trinajstić information content (AvgIpc) is 3.34. The van der Waals surface area contributed by atoms with Gasteiger partial charge in [0.15, 0.2) is 11.6 Å². The summed E-state index contributed by atoms with van der Waals surface area (Å²) in [5.74, 6) is 0.869. The van der Waals surface area contributed by atoms with Crippen LogP contribution in [-0.2, 0) is 0 Å². The van der Waals surface area contributed by atoms with Crippen LogP contribution in [0.15, 0.2) is 20.9 Å². The lowest BCUT2D eigenvalue weighted by Crippen LogP contribution is -2.35. The van der Waals surface area contributed by atoms with Crippen LogP contribution in [0.25, 0.3) is 11.5 Å². The third-order valence-electron chi connectivity index (χ3n) is 4.23. The summed E-state index contributed by atoms with van der Waals surface area (Å²) in [5, 5.41) is 6.46. The van der Waals surface area contributed by atoms with Crippen LogP contribution >= 0.6 is 11.3 Å². The van der Waals surface area contributed by atoms with Crippen molar-refractivity contribution in [2.24, 2.45) is 0 Å². The lowest BCUT2D eigenvalue weighted by atomic mass is 10.2. The number of aromatic amines is 1. The van der Waals surface area contributed by atoms with Gasteiger partial charge in [0.1, 0.15) is 17.3 Å². The highest BCUT2D eigenvalue weighted by Crippen LogP contribution is 2.31. The highest BCUT2D eigenvalue weighted by molar-refractivity contribution is 7.09. The third kappa shape index (κ3) is 2.92. The van der Waals surface area contributed by atoms with Crippen LogP contribution in [0.3, 0.4) is 0 Å². The number of carbonyl (C=O) groups is 1. The molecule has 1 aliphatic rings. The standard InChI is InChI=1S/C16H16N6O3S/c1-8-18-15(25-21-8)12-4-3-5-22(12)16(24)10-6-17-13(20-14(10)23)11-7-26-9(2)19-11/h6-7,12H,3-5H2,1-2H3,(H,17,20,23)/t12-/m0/s1. The minimum atomic E-state index is -0.488. The highest BCUT2D eigenvalue weighted by atomic mass is 32.1. The highest BCUT2D eigenvalue weighted by Gasteiger charge is 2.35. The molecule has 0 bridgehead atoms. The van der Waals surface area contributed by atoms with Gasteiger partial charge in [0.25, 0.3) is 11.5 Å². The normalized spacial score (nSPS) is 17.0. The largest absolute Gasteiger partial charge is 0.337 e. The van der Waals surface area contributed by atoms with Crippen molar-refractivity contribution in [3.8, 4) is 11.5 Å². The molecule has 1 aliphatic heterocycles. The number of aryl methyl sites for hydroxylation is 2. The monoisotopic (exact) mass is 372 g/mol. The lowest BCUT2D eigenvalue weighted by Gasteiger charge is -2.21. The van der Waals surface area contributed by atoms with E-state index in [2.05, 4.69) is 25.1 Å². The SMILES string of the molecule is Cc1noc([C@@H]2CCCN2C(=O)c2cnc(-c3csc(C)n3)[nH]c2=O)n1. The van der Waals surface area contributed by atoms with Crippen molar-refractivity contribution in [3.05, 3.63) is 44.2 Å². The first-order chi connectivity index (χ1) is 12.5. The fourth-order valence-corrected chi connectivity index (χ4v) is 3.62. The fraction of sp³-hybridized carbons (Fsp3) is 0.375. The Morgan fingerprint density at radius 3 is 2.88 bits per heavy atom. The summed E-state index contributed by atoms with van der Waals surface area (Å²) in [6.45, 7) is 4.12. The summed E-state index contributed by atoms with van der Waals surface area (Å²) in [5.41, 5.74) is 0.0887. The molecule has 3 aromatic rings. The van der Waals surface area contributed by atoms with E-state index in [1.54, 1.807) is 11.8 Å². The molecule has 0 radical (unpaired) electrons. The van der Waals surface area contributed by atoms with Gasteiger partial charge in [-0.05, 0) is 26.7 Å². The van der Waals surface area contributed by atoms with Crippen LogP contribution in [-0.4, -0.2) is 42.4 Å². The molecule has 9 nitrogen and oxygen atoms in total. The summed E-state index contributed by atoms with van der Waals surface area (Å²) in [6.07, 6.45) is 2.83. The summed E-state index contributed by atoms with van der Waals surface area (Å²) in [7, 11) is 0. The number of rotatable bonds is 3. The van der Waals surface area contributed by atoms with E-state index in [9.17, 15) is 9.59 Å². The predicted molar refractivity (Wildman–Crippen MR) is 92.7 cm³/mol. The minimum absolute atomic E-state index is 0.0103. The van der Waals surface area contributed by atoms with E-state index in [1.807, 2.05) is 12.3 Å². The molecule has 26 heavy (non-hydrogen) atoms. The first kappa shape index (κ1) is 16.6. The lowest BCUT2D eigenvalue weighted by molar-refractivity contribution is 0.0708. The molecule has 4 rings (SSSR count). The quantitative estimate of drug-likeness (QED) is 0.745. The zero-order valence-corrected chi connectivity index (χ0v) is 15.0. The van der Waals surface area contributed by atoms with Crippen LogP contribution in [0.4, 0.5) is 0 Å². The number of nitrogens with one attached hydrogen (secondary N) is 1. The van der Waals surface area contributed by atoms with E-state index in [-0.39, 0.29) is 11.6 Å². The second-order valence-corrected chi connectivity index (χ2v) is 7.12. The molecule has 0 aromatic carbocycles. The van der Waals surface area contributed by atoms with Gasteiger partial charge >= 0.3 is 0 Å². The Morgan fingerprint density at radius 1 is 1.38 bits per heavy atom. The fourth-order valence-electron chi connectivity index (χ4n) is 3.02. The summed E-state index contributed by atoms with van der Waals surface area (Å²) in [4.78, 5) is 42.3. The number of H-pyrrole nitrogens is 1. The number of nitrogens with zero attached hydrogens (tertiary/aromatic N) is 5. The van der Waals surface area contributed by atoms with Gasteiger partial charge in [0, 0.05) is 18.1 Å². The van der Waals surface area contributed by atoms with Crippen LogP contribution in [0, 0.1) is 13.8 Å². The van der Waals surface area contributed by atoms with E-state index >= 15 is 0 Å². The summed E-state index contributed by atoms with van der Waals surface area (Å²) in [6, 6.07) is -0.316. The zero-order chi connectivity index (χ0) is 18.3. The number of hydrogen-bond donors (Lipinski definition) is 1. The number of thiazole rings is 1. The second kappa shape index (κ2) is 6.45. The van der Waals surface area contributed by atoms with Crippen molar-refractivity contribution in [3.63, 3.8) is 0 Å². The molecule has 1 saturated heterocycles. The van der Waals surface area contributed by atoms with Gasteiger partial charge in [-0.25, -0.2) is 9.97 Å². The number of carbonyl (C=O) groups excluding carboxylic acids is 1. The molecular formula is C16H16N6O3S. The Morgan fingerprint density at radius 2 is 2.23 bits per heavy atom. The summed E-state index contributed by atoms with van der Waals surface area (Å²) >= 11 is 1.46. The van der Waals surface area contributed by atoms with E-state index in [0.717, 1.165) is 17.8 Å². The van der Waals surface area contributed by atoms with Crippen molar-refractivity contribution in [2.75, 3.05) is 6.54 Å². The first-order valence-electron chi connectivity index (χ1n) is 8.16. The Hall–Kier alpha value is -2.88. The van der Waals surface area contributed by atoms with Gasteiger partial charge in [0.2, 0.25) is 5.89 Å². The Kier molecular flexibility index (Phi) is 4.11. The average molecular weight is 372 g/mol. The topological polar surface area (TPSA) is 118 Å². The van der Waals surface area contributed by atoms with E-state index in [4.69, 9.17) is 4.52 Å². The Labute approximate surface area is 152 Å². The van der Waals surface area contributed by atoms with E-state index in [0.29, 0.717) is 29.8 Å². The smallest absolute Gasteiger partial charge is 0.264 e. The van der Waals surface area contributed by atoms with Crippen molar-refractivity contribution < 1.29 is 9.32 Å². The maximum Gasteiger partial charge on any atom is 0.264 e. The zero-order valence-electron chi connectivity index (χ0n) is 14.2. The molecule has 1 fully saturated rings. The van der Waals surface area contributed by atoms with Crippen LogP contribution in [0.1, 0.15) is 46.0 Å². The molecule has 0 saturated carbocycles. The molecule has 10 heteroatoms. The molecule has 3 aromatic heterocycles. The molecular weight excluding hydrogens is 356 g/mol. The predicted octanol–water partition coefficient (Wildman–Crippen LogP) is 1.87. The van der Waals surface area contributed by atoms with Gasteiger partial charge in [-0.15, -0.1) is 11.3 Å². The number of likely N-dealkylation sites (tertiary alicyclic amines) is 1. The van der Waals surface area contributed by atoms with Gasteiger partial charge in [-0.1, -0.05) is 5.16 Å². The third-order valence-corrected chi connectivity index (χ3v) is 5.01. The van der Waals surface area contributed by atoms with Gasteiger partial charge in [-0.3, -0.25) is 9.59 Å². The van der Waals surface area contributed by atoms with Crippen molar-refractivity contribution in [1.29, 1.82) is 0 Å². The van der Waals surface area contributed by atoms with Crippen LogP contribution < -0.4 is 5.56 Å². The van der Waals surface area contributed by atoms with Crippen molar-refractivity contribution >= 4 is 17.2 Å². The van der Waals surface area contributed by atoms with Crippen molar-refractivity contribution in [2.45, 2.75) is 32.7 Å². The Balaban J connectivity index is 1.62. The minimum Gasteiger partial charge on any atom is -0.337 e. The number of hydrogen-bond acceptors (Lipinski definition) is 8.